The van der Waals surface area contributed by atoms with Crippen molar-refractivity contribution >= 4 is 5.91 Å². The predicted octanol–water partition coefficient (Wildman–Crippen LogP) is 3.23. The van der Waals surface area contributed by atoms with E-state index in [9.17, 15) is 13.6 Å². The number of methoxy groups -OCH3 is 1. The Balaban J connectivity index is 2.02. The number of ether oxygens (including phenoxy) is 1. The smallest absolute Gasteiger partial charge is 0.255 e. The lowest BCUT2D eigenvalue weighted by atomic mass is 10.0. The van der Waals surface area contributed by atoms with Gasteiger partial charge in [0.05, 0.1) is 12.7 Å². The lowest BCUT2D eigenvalue weighted by molar-refractivity contribution is 0.0936. The van der Waals surface area contributed by atoms with Crippen LogP contribution in [0.5, 0.6) is 5.75 Å². The first-order chi connectivity index (χ1) is 12.5. The van der Waals surface area contributed by atoms with E-state index in [0.717, 1.165) is 12.1 Å². The molecule has 26 heavy (non-hydrogen) atoms. The van der Waals surface area contributed by atoms with Crippen molar-refractivity contribution in [3.8, 4) is 5.75 Å². The lowest BCUT2D eigenvalue weighted by Gasteiger charge is -2.21. The van der Waals surface area contributed by atoms with Gasteiger partial charge in [0.2, 0.25) is 0 Å². The summed E-state index contributed by atoms with van der Waals surface area (Å²) >= 11 is 0. The minimum absolute atomic E-state index is 0.250. The normalized spacial score (nSPS) is 11.8. The van der Waals surface area contributed by atoms with E-state index in [1.54, 1.807) is 48.3 Å². The predicted molar refractivity (Wildman–Crippen MR) is 91.9 cm³/mol. The van der Waals surface area contributed by atoms with Crippen LogP contribution in [0, 0.1) is 11.6 Å². The first-order valence-electron chi connectivity index (χ1n) is 7.87. The minimum Gasteiger partial charge on any atom is -0.496 e. The third-order valence-corrected chi connectivity index (χ3v) is 4.02. The second-order valence-electron chi connectivity index (χ2n) is 5.67. The first kappa shape index (κ1) is 17.6. The van der Waals surface area contributed by atoms with Crippen LogP contribution in [-0.2, 0) is 7.05 Å². The second kappa shape index (κ2) is 7.35. The van der Waals surface area contributed by atoms with Gasteiger partial charge < -0.3 is 14.6 Å². The number of amides is 1. The summed E-state index contributed by atoms with van der Waals surface area (Å²) in [6, 6.07) is 9.30. The zero-order valence-corrected chi connectivity index (χ0v) is 14.2. The summed E-state index contributed by atoms with van der Waals surface area (Å²) in [6.45, 7) is 0. The number of nitrogens with zero attached hydrogens (tertiary/aromatic N) is 2. The fourth-order valence-corrected chi connectivity index (χ4v) is 2.72. The minimum atomic E-state index is -0.930. The highest BCUT2D eigenvalue weighted by molar-refractivity contribution is 5.95. The molecule has 0 radical (unpaired) electrons. The Morgan fingerprint density at radius 2 is 2.00 bits per heavy atom. The molecule has 1 unspecified atom stereocenters. The van der Waals surface area contributed by atoms with Gasteiger partial charge in [-0.15, -0.1) is 0 Å². The average Bonchev–Trinajstić information content (AvgIpc) is 3.05. The topological polar surface area (TPSA) is 56.1 Å². The van der Waals surface area contributed by atoms with Crippen LogP contribution in [0.2, 0.25) is 0 Å². The monoisotopic (exact) mass is 357 g/mol. The molecule has 1 heterocycles. The largest absolute Gasteiger partial charge is 0.496 e. The average molecular weight is 357 g/mol. The third kappa shape index (κ3) is 3.42. The highest BCUT2D eigenvalue weighted by Crippen LogP contribution is 2.29. The summed E-state index contributed by atoms with van der Waals surface area (Å²) in [7, 11) is 3.31. The molecule has 1 N–H and O–H groups in total. The lowest BCUT2D eigenvalue weighted by Crippen LogP contribution is -2.32. The van der Waals surface area contributed by atoms with Crippen molar-refractivity contribution in [2.45, 2.75) is 6.04 Å². The maximum atomic E-state index is 14.0. The molecule has 5 nitrogen and oxygen atoms in total. The number of hydrogen-bond donors (Lipinski definition) is 1. The molecule has 0 bridgehead atoms. The fourth-order valence-electron chi connectivity index (χ4n) is 2.72. The number of aryl methyl sites for hydroxylation is 1. The summed E-state index contributed by atoms with van der Waals surface area (Å²) in [5.74, 6) is -1.25. The molecular weight excluding hydrogens is 340 g/mol. The molecule has 1 aromatic heterocycles. The van der Waals surface area contributed by atoms with E-state index < -0.39 is 23.6 Å². The van der Waals surface area contributed by atoms with E-state index >= 15 is 0 Å². The Hall–Kier alpha value is -3.22. The molecular formula is C19H17F2N3O2. The molecule has 0 aliphatic heterocycles. The molecule has 1 atom stereocenters. The number of aromatic nitrogens is 2. The van der Waals surface area contributed by atoms with Crippen LogP contribution < -0.4 is 10.1 Å². The van der Waals surface area contributed by atoms with Crippen LogP contribution in [-0.4, -0.2) is 22.6 Å². The number of rotatable bonds is 5. The van der Waals surface area contributed by atoms with Crippen LogP contribution in [0.1, 0.15) is 27.8 Å². The summed E-state index contributed by atoms with van der Waals surface area (Å²) in [5.41, 5.74) is 0.417. The maximum absolute atomic E-state index is 14.0. The zero-order chi connectivity index (χ0) is 18.7. The highest BCUT2D eigenvalue weighted by atomic mass is 19.1. The summed E-state index contributed by atoms with van der Waals surface area (Å²) in [6.07, 6.45) is 3.34. The number of nitrogens with one attached hydrogen (secondary N) is 1. The Morgan fingerprint density at radius 3 is 2.65 bits per heavy atom. The molecule has 0 saturated heterocycles. The van der Waals surface area contributed by atoms with Gasteiger partial charge in [0.25, 0.3) is 5.91 Å². The van der Waals surface area contributed by atoms with Crippen molar-refractivity contribution in [2.75, 3.05) is 7.11 Å². The Morgan fingerprint density at radius 1 is 1.23 bits per heavy atom. The number of hydrogen-bond acceptors (Lipinski definition) is 3. The quantitative estimate of drug-likeness (QED) is 0.763. The molecule has 2 aromatic carbocycles. The molecule has 0 aliphatic rings. The van der Waals surface area contributed by atoms with E-state index in [-0.39, 0.29) is 5.56 Å². The number of benzene rings is 2. The molecule has 134 valence electrons. The standard InChI is InChI=1S/C19H17F2N3O2/c1-24-10-9-22-18(24)17(14-5-3-4-6-16(14)26-2)23-19(25)13-8-7-12(20)11-15(13)21/h3-11,17H,1-2H3,(H,23,25). The number of imidazole rings is 1. The molecule has 0 saturated carbocycles. The Labute approximate surface area is 149 Å². The van der Waals surface area contributed by atoms with E-state index in [1.165, 1.54) is 7.11 Å². The van der Waals surface area contributed by atoms with E-state index in [0.29, 0.717) is 23.2 Å². The number of halogens is 2. The van der Waals surface area contributed by atoms with Crippen LogP contribution in [0.4, 0.5) is 8.78 Å². The van der Waals surface area contributed by atoms with E-state index in [2.05, 4.69) is 10.3 Å². The van der Waals surface area contributed by atoms with E-state index in [1.807, 2.05) is 0 Å². The van der Waals surface area contributed by atoms with Crippen molar-refractivity contribution in [3.63, 3.8) is 0 Å². The van der Waals surface area contributed by atoms with Crippen molar-refractivity contribution < 1.29 is 18.3 Å². The molecule has 3 aromatic rings. The van der Waals surface area contributed by atoms with Crippen molar-refractivity contribution in [1.29, 1.82) is 0 Å². The molecule has 7 heteroatoms. The van der Waals surface area contributed by atoms with Gasteiger partial charge in [-0.25, -0.2) is 13.8 Å². The van der Waals surface area contributed by atoms with Gasteiger partial charge >= 0.3 is 0 Å². The van der Waals surface area contributed by atoms with Crippen LogP contribution in [0.25, 0.3) is 0 Å². The van der Waals surface area contributed by atoms with Gasteiger partial charge in [0.15, 0.2) is 0 Å². The van der Waals surface area contributed by atoms with Crippen LogP contribution in [0.3, 0.4) is 0 Å². The van der Waals surface area contributed by atoms with Gasteiger partial charge in [-0.3, -0.25) is 4.79 Å². The van der Waals surface area contributed by atoms with E-state index in [4.69, 9.17) is 4.74 Å². The molecule has 3 rings (SSSR count). The second-order valence-corrected chi connectivity index (χ2v) is 5.67. The van der Waals surface area contributed by atoms with Gasteiger partial charge in [0.1, 0.15) is 29.3 Å². The fraction of sp³-hybridized carbons (Fsp3) is 0.158. The first-order valence-corrected chi connectivity index (χ1v) is 7.87. The van der Waals surface area contributed by atoms with Gasteiger partial charge in [-0.1, -0.05) is 18.2 Å². The summed E-state index contributed by atoms with van der Waals surface area (Å²) in [4.78, 5) is 16.9. The SMILES string of the molecule is COc1ccccc1C(NC(=O)c1ccc(F)cc1F)c1nccn1C. The number of carbonyl (C=O) groups is 1. The van der Waals surface area contributed by atoms with Crippen LogP contribution in [0.15, 0.2) is 54.9 Å². The van der Waals surface area contributed by atoms with Gasteiger partial charge in [0, 0.05) is 31.1 Å². The molecule has 0 aliphatic carbocycles. The Kier molecular flexibility index (Phi) is 4.97. The van der Waals surface area contributed by atoms with Crippen molar-refractivity contribution in [2.24, 2.45) is 7.05 Å². The maximum Gasteiger partial charge on any atom is 0.255 e. The zero-order valence-electron chi connectivity index (χ0n) is 14.2. The number of carbonyl (C=O) groups excluding carboxylic acids is 1. The summed E-state index contributed by atoms with van der Waals surface area (Å²) in [5, 5.41) is 2.76. The third-order valence-electron chi connectivity index (χ3n) is 4.02. The molecule has 0 spiro atoms. The van der Waals surface area contributed by atoms with Gasteiger partial charge in [-0.05, 0) is 18.2 Å². The highest BCUT2D eigenvalue weighted by Gasteiger charge is 2.25. The van der Waals surface area contributed by atoms with Crippen molar-refractivity contribution in [1.82, 2.24) is 14.9 Å². The van der Waals surface area contributed by atoms with Crippen molar-refractivity contribution in [3.05, 3.63) is 83.4 Å². The Bertz CT molecular complexity index is 940. The number of para-hydroxylation sites is 1. The van der Waals surface area contributed by atoms with Crippen LogP contribution >= 0.6 is 0 Å². The molecule has 0 fully saturated rings. The summed E-state index contributed by atoms with van der Waals surface area (Å²) < 4.78 is 34.2. The van der Waals surface area contributed by atoms with Gasteiger partial charge in [-0.2, -0.15) is 0 Å². The molecule has 1 amide bonds.